The van der Waals surface area contributed by atoms with Crippen LogP contribution in [0.25, 0.3) is 89.7 Å². The number of H-pyrrole nitrogens is 4. The number of nitrogens with one attached hydrogen (secondary N) is 8. The molecule has 0 unspecified atom stereocenters. The highest BCUT2D eigenvalue weighted by atomic mass is 35.5. The van der Waals surface area contributed by atoms with Gasteiger partial charge in [0.15, 0.2) is 23.3 Å². The van der Waals surface area contributed by atoms with E-state index in [9.17, 15) is 55.9 Å². The highest BCUT2D eigenvalue weighted by molar-refractivity contribution is 6.46. The maximum Gasteiger partial charge on any atom is 0.379 e. The summed E-state index contributed by atoms with van der Waals surface area (Å²) in [5.74, 6) is -3.94. The number of benzene rings is 4. The number of carbonyl (C=O) groups is 8. The number of esters is 1. The number of nitrogens with zero attached hydrogens (tertiary/aromatic N) is 14. The number of carboxylic acids is 1. The second-order valence-corrected chi connectivity index (χ2v) is 32.2. The Bertz CT molecular complexity index is 6950. The number of morpholine rings is 2. The van der Waals surface area contributed by atoms with Gasteiger partial charge in [0.1, 0.15) is 69.1 Å². The zero-order chi connectivity index (χ0) is 95.4. The molecule has 4 aromatic carbocycles. The number of methoxy groups -OCH3 is 1. The molecular weight excluding hydrogens is 1780 g/mol. The molecule has 9 N–H and O–H groups in total. The minimum Gasteiger partial charge on any atom is -0.475 e. The van der Waals surface area contributed by atoms with Crippen LogP contribution in [-0.4, -0.2) is 201 Å². The van der Waals surface area contributed by atoms with Gasteiger partial charge in [0.25, 0.3) is 34.9 Å². The number of rotatable bonds is 24. The number of hydrogen-bond donors (Lipinski definition) is 9. The van der Waals surface area contributed by atoms with Crippen molar-refractivity contribution in [2.45, 2.75) is 79.1 Å². The third-order valence-corrected chi connectivity index (χ3v) is 22.0. The number of aliphatic carboxylic acids is 1. The molecule has 2 fully saturated rings. The number of aromatic nitrogens is 16. The molecule has 2 saturated heterocycles. The van der Waals surface area contributed by atoms with Crippen LogP contribution in [0.4, 0.5) is 63.6 Å². The van der Waals surface area contributed by atoms with Crippen LogP contribution in [0.5, 0.6) is 0 Å². The molecule has 39 heteroatoms. The minimum absolute atomic E-state index is 0. The Morgan fingerprint density at radius 2 is 0.588 bits per heavy atom. The maximum absolute atomic E-state index is 13.4. The summed E-state index contributed by atoms with van der Waals surface area (Å²) in [6.45, 7) is 19.2. The molecule has 34 nitrogen and oxygen atoms in total. The van der Waals surface area contributed by atoms with Crippen molar-refractivity contribution in [1.82, 2.24) is 89.5 Å². The molecule has 2 aliphatic rings. The number of ketones is 4. The Balaban J connectivity index is 0.000000145. The number of Topliss-reactive ketones (excluding diaryl/α,β-unsaturated/α-hetero) is 4. The van der Waals surface area contributed by atoms with Crippen LogP contribution in [0, 0.1) is 23.3 Å². The van der Waals surface area contributed by atoms with Crippen molar-refractivity contribution in [2.24, 2.45) is 0 Å². The van der Waals surface area contributed by atoms with Crippen molar-refractivity contribution in [3.8, 4) is 45.6 Å². The normalized spacial score (nSPS) is 12.4. The third-order valence-electron chi connectivity index (χ3n) is 22.0. The molecule has 136 heavy (non-hydrogen) atoms. The van der Waals surface area contributed by atoms with E-state index < -0.39 is 46.9 Å². The third kappa shape index (κ3) is 21.4. The number of amides is 2. The van der Waals surface area contributed by atoms with E-state index in [1.165, 1.54) is 89.3 Å². The van der Waals surface area contributed by atoms with Gasteiger partial charge >= 0.3 is 11.9 Å². The Morgan fingerprint density at radius 1 is 0.353 bits per heavy atom. The first-order valence-corrected chi connectivity index (χ1v) is 42.7. The molecule has 0 radical (unpaired) electrons. The molecule has 2 aliphatic heterocycles. The summed E-state index contributed by atoms with van der Waals surface area (Å²) in [4.78, 5) is 168. The fraction of sp³-hybridized carbons (Fsp3) is 0.216. The molecule has 0 aliphatic carbocycles. The number of anilines is 8. The van der Waals surface area contributed by atoms with Gasteiger partial charge in [-0.05, 0) is 145 Å². The van der Waals surface area contributed by atoms with Gasteiger partial charge in [-0.2, -0.15) is 0 Å². The van der Waals surface area contributed by atoms with E-state index in [1.807, 2.05) is 55.4 Å². The largest absolute Gasteiger partial charge is 0.475 e. The Labute approximate surface area is 779 Å². The van der Waals surface area contributed by atoms with Crippen molar-refractivity contribution >= 4 is 149 Å². The van der Waals surface area contributed by atoms with Crippen LogP contribution >= 0.6 is 12.4 Å². The standard InChI is InChI=1S/2C26H25FN6O3.C23H20FN5O3.C22H18FN5O3.ClH/c2*1-15(2)18-13-29-23(16-3-5-17(27)6-4-16)32-24(18)31-20-7-8-28-25-21(20)19(14-30-25)22(34)26(35)33-9-11-36-12-10-33;1-12(2)15-10-26-20(13-4-6-14(24)7-5-13)29-21(15)28-17-8-9-25-22-18(17)16(11-27-22)19(30)23(31)32-3;1-11(2)14-9-25-19(12-3-5-13(23)6-4-12)28-20(14)27-16-7-8-24-21-17(16)15(10-26-21)18(29)22(30)31;/h2*3-8,13-15H,9-12H2,1-2H3,(H2,28,29,30,31,32);4-12H,1-3H3,(H2,25,26,27,28,29);3-11H,1-2H3,(H,30,31)(H2,24,25,26,27,28);1H. The fourth-order valence-corrected chi connectivity index (χ4v) is 14.8. The molecule has 2 amide bonds. The zero-order valence-electron chi connectivity index (χ0n) is 74.6. The molecule has 18 rings (SSSR count). The smallest absolute Gasteiger partial charge is 0.379 e. The van der Waals surface area contributed by atoms with Gasteiger partial charge in [0.2, 0.25) is 0 Å². The number of ether oxygens (including phenoxy) is 3. The Kier molecular flexibility index (Phi) is 29.9. The summed E-state index contributed by atoms with van der Waals surface area (Å²) >= 11 is 0. The van der Waals surface area contributed by atoms with Gasteiger partial charge in [0, 0.05) is 145 Å². The lowest BCUT2D eigenvalue weighted by molar-refractivity contribution is -0.135. The molecule has 0 saturated carbocycles. The SMILES string of the molecule is CC(C)c1cnc(-c2ccc(F)cc2)nc1Nc1ccnc2[nH]cc(C(=O)C(=O)N3CCOCC3)c12.CC(C)c1cnc(-c2ccc(F)cc2)nc1Nc1ccnc2[nH]cc(C(=O)C(=O)N3CCOCC3)c12.CC(C)c1cnc(-c2ccc(F)cc2)nc1Nc1ccnc2[nH]cc(C(=O)C(=O)O)c12.COC(=O)C(=O)c1c[nH]c2nccc(Nc3nc(-c4ccc(F)cc4)ncc3C(C)C)c12.Cl. The maximum atomic E-state index is 13.4. The van der Waals surface area contributed by atoms with E-state index in [2.05, 4.69) is 95.8 Å². The fourth-order valence-electron chi connectivity index (χ4n) is 14.8. The summed E-state index contributed by atoms with van der Waals surface area (Å²) in [7, 11) is 1.15. The van der Waals surface area contributed by atoms with E-state index in [1.54, 1.807) is 116 Å². The molecule has 12 aromatic heterocycles. The van der Waals surface area contributed by atoms with Crippen LogP contribution in [0.1, 0.15) is 143 Å². The van der Waals surface area contributed by atoms with E-state index in [0.29, 0.717) is 188 Å². The van der Waals surface area contributed by atoms with Crippen molar-refractivity contribution in [3.05, 3.63) is 263 Å². The van der Waals surface area contributed by atoms with E-state index in [-0.39, 0.29) is 81.6 Å². The van der Waals surface area contributed by atoms with E-state index >= 15 is 0 Å². The number of carboxylic acid groups (broad SMARTS) is 1. The molecule has 0 bridgehead atoms. The average molecular weight is 1870 g/mol. The summed E-state index contributed by atoms with van der Waals surface area (Å²) in [5, 5.41) is 24.1. The van der Waals surface area contributed by atoms with Crippen molar-refractivity contribution in [3.63, 3.8) is 0 Å². The van der Waals surface area contributed by atoms with Gasteiger partial charge in [-0.15, -0.1) is 12.4 Å². The number of hydrogen-bond acceptors (Lipinski definition) is 27. The second kappa shape index (κ2) is 42.5. The molecule has 0 atom stereocenters. The predicted molar refractivity (Wildman–Crippen MR) is 503 cm³/mol. The Hall–Kier alpha value is -16.4. The van der Waals surface area contributed by atoms with Crippen molar-refractivity contribution in [2.75, 3.05) is 81.0 Å². The highest BCUT2D eigenvalue weighted by Crippen LogP contribution is 2.39. The van der Waals surface area contributed by atoms with Gasteiger partial charge in [-0.25, -0.2) is 87.0 Å². The summed E-state index contributed by atoms with van der Waals surface area (Å²) < 4.78 is 68.6. The molecule has 16 aromatic rings. The minimum atomic E-state index is -1.56. The van der Waals surface area contributed by atoms with Gasteiger partial charge in [0.05, 0.1) is 100 Å². The van der Waals surface area contributed by atoms with Gasteiger partial charge in [-0.1, -0.05) is 55.4 Å². The summed E-state index contributed by atoms with van der Waals surface area (Å²) in [6.07, 6.45) is 19.0. The van der Waals surface area contributed by atoms with Crippen LogP contribution in [0.3, 0.4) is 0 Å². The zero-order valence-corrected chi connectivity index (χ0v) is 75.4. The average Bonchev–Trinajstić information content (AvgIpc) is 1.60. The second-order valence-electron chi connectivity index (χ2n) is 32.2. The first kappa shape index (κ1) is 95.7. The summed E-state index contributed by atoms with van der Waals surface area (Å²) in [6, 6.07) is 30.4. The molecule has 0 spiro atoms. The first-order valence-electron chi connectivity index (χ1n) is 42.7. The van der Waals surface area contributed by atoms with E-state index in [4.69, 9.17) is 24.5 Å². The quantitative estimate of drug-likeness (QED) is 0.0117. The van der Waals surface area contributed by atoms with Crippen molar-refractivity contribution in [1.29, 1.82) is 0 Å². The number of halogens is 5. The topological polar surface area (TPSA) is 457 Å². The summed E-state index contributed by atoms with van der Waals surface area (Å²) in [5.41, 5.74) is 10.5. The number of aromatic amines is 4. The van der Waals surface area contributed by atoms with E-state index in [0.717, 1.165) is 29.4 Å². The number of carbonyl (C=O) groups excluding carboxylic acids is 7. The van der Waals surface area contributed by atoms with Crippen LogP contribution in [-0.2, 0) is 33.4 Å². The van der Waals surface area contributed by atoms with Crippen LogP contribution in [0.15, 0.2) is 196 Å². The molecular formula is C97H89ClF4N22O12. The van der Waals surface area contributed by atoms with Gasteiger partial charge in [-0.3, -0.25) is 28.8 Å². The van der Waals surface area contributed by atoms with Gasteiger partial charge < -0.3 is 70.3 Å². The highest BCUT2D eigenvalue weighted by Gasteiger charge is 2.33. The molecule has 14 heterocycles. The molecule has 694 valence electrons. The van der Waals surface area contributed by atoms with Crippen LogP contribution in [0.2, 0.25) is 0 Å². The lowest BCUT2D eigenvalue weighted by Crippen LogP contribution is -2.44. The first-order chi connectivity index (χ1) is 65.1. The monoisotopic (exact) mass is 1860 g/mol. The van der Waals surface area contributed by atoms with Crippen molar-refractivity contribution < 1.29 is 75.2 Å². The lowest BCUT2D eigenvalue weighted by atomic mass is 10.0. The predicted octanol–water partition coefficient (Wildman–Crippen LogP) is 17.2. The number of pyridine rings is 4. The lowest BCUT2D eigenvalue weighted by Gasteiger charge is -2.26. The Morgan fingerprint density at radius 3 is 0.816 bits per heavy atom. The number of fused-ring (bicyclic) bond motifs is 4. The van der Waals surface area contributed by atoms with Crippen LogP contribution < -0.4 is 21.3 Å².